The number of ether oxygens (including phenoxy) is 1. The Morgan fingerprint density at radius 3 is 1.49 bits per heavy atom. The second-order valence-corrected chi connectivity index (χ2v) is 20.6. The fraction of sp³-hybridized carbons (Fsp3) is 0.720. The average molecular weight is 976 g/mol. The highest BCUT2D eigenvalue weighted by Crippen LogP contribution is 2.31. The lowest BCUT2D eigenvalue weighted by atomic mass is 9.95. The third-order valence-electron chi connectivity index (χ3n) is 15.9. The molecule has 1 aromatic rings. The molecule has 0 radical (unpaired) electrons. The number of hydrogen-bond donors (Lipinski definition) is 11. The Morgan fingerprint density at radius 2 is 0.986 bits per heavy atom. The number of nitrogens with two attached hydrogens (primary N) is 2. The van der Waals surface area contributed by atoms with E-state index in [2.05, 4.69) is 47.9 Å². The Bertz CT molecular complexity index is 2020. The van der Waals surface area contributed by atoms with E-state index in [9.17, 15) is 38.4 Å². The zero-order valence-corrected chi connectivity index (χ0v) is 40.7. The largest absolute Gasteiger partial charge is 0.497 e. The molecule has 386 valence electrons. The number of unbranched alkanes of at least 4 members (excludes halogenated alkanes) is 1. The molecule has 0 unspecified atom stereocenters. The third-order valence-corrected chi connectivity index (χ3v) is 15.9. The summed E-state index contributed by atoms with van der Waals surface area (Å²) in [4.78, 5) is 107. The number of carbonyl (C=O) groups is 8. The normalized spacial score (nSPS) is 30.8. The molecule has 2 aliphatic heterocycles. The van der Waals surface area contributed by atoms with Gasteiger partial charge in [0.15, 0.2) is 0 Å². The summed E-state index contributed by atoms with van der Waals surface area (Å²) in [6.45, 7) is 2.01. The molecule has 13 atom stereocenters. The average Bonchev–Trinajstić information content (AvgIpc) is 4.20. The van der Waals surface area contributed by atoms with Gasteiger partial charge in [-0.1, -0.05) is 44.2 Å². The van der Waals surface area contributed by atoms with Crippen molar-refractivity contribution in [2.45, 2.75) is 151 Å². The fourth-order valence-electron chi connectivity index (χ4n) is 11.9. The Labute approximate surface area is 410 Å². The predicted molar refractivity (Wildman–Crippen MR) is 259 cm³/mol. The van der Waals surface area contributed by atoms with Gasteiger partial charge in [-0.25, -0.2) is 0 Å². The van der Waals surface area contributed by atoms with Crippen molar-refractivity contribution in [3.05, 3.63) is 29.8 Å². The first-order valence-corrected chi connectivity index (χ1v) is 26.0. The molecule has 70 heavy (non-hydrogen) atoms. The van der Waals surface area contributed by atoms with Crippen molar-refractivity contribution in [3.8, 4) is 5.75 Å². The van der Waals surface area contributed by atoms with Crippen LogP contribution in [0.25, 0.3) is 0 Å². The van der Waals surface area contributed by atoms with Gasteiger partial charge in [-0.2, -0.15) is 0 Å². The van der Waals surface area contributed by atoms with Crippen molar-refractivity contribution in [1.29, 1.82) is 0 Å². The molecule has 0 aromatic heterocycles. The van der Waals surface area contributed by atoms with Crippen LogP contribution in [0.1, 0.15) is 108 Å². The lowest BCUT2D eigenvalue weighted by Gasteiger charge is -2.28. The number of methoxy groups -OCH3 is 1. The number of hydrogen-bond acceptors (Lipinski definition) is 12. The Balaban J connectivity index is 0.869. The van der Waals surface area contributed by atoms with Crippen LogP contribution in [0, 0.1) is 35.5 Å². The molecule has 0 bridgehead atoms. The van der Waals surface area contributed by atoms with Crippen molar-refractivity contribution in [2.24, 2.45) is 47.0 Å². The van der Waals surface area contributed by atoms with E-state index >= 15 is 0 Å². The summed E-state index contributed by atoms with van der Waals surface area (Å²) in [7, 11) is 1.59. The molecule has 13 N–H and O–H groups in total. The lowest BCUT2D eigenvalue weighted by molar-refractivity contribution is -0.131. The van der Waals surface area contributed by atoms with E-state index in [0.717, 1.165) is 44.1 Å². The number of benzene rings is 1. The smallest absolute Gasteiger partial charge is 0.226 e. The molecule has 4 aliphatic carbocycles. The van der Waals surface area contributed by atoms with Gasteiger partial charge < -0.3 is 64.1 Å². The summed E-state index contributed by atoms with van der Waals surface area (Å²) >= 11 is 0. The first-order chi connectivity index (χ1) is 33.8. The monoisotopic (exact) mass is 976 g/mol. The van der Waals surface area contributed by atoms with E-state index in [-0.39, 0.29) is 66.3 Å². The van der Waals surface area contributed by atoms with Crippen molar-refractivity contribution >= 4 is 47.3 Å². The summed E-state index contributed by atoms with van der Waals surface area (Å²) in [5.41, 5.74) is 12.2. The van der Waals surface area contributed by atoms with Gasteiger partial charge >= 0.3 is 0 Å². The van der Waals surface area contributed by atoms with Gasteiger partial charge in [-0.3, -0.25) is 38.4 Å². The zero-order chi connectivity index (χ0) is 49.7. The van der Waals surface area contributed by atoms with E-state index in [1.165, 1.54) is 0 Å². The highest BCUT2D eigenvalue weighted by atomic mass is 16.5. The summed E-state index contributed by atoms with van der Waals surface area (Å²) < 4.78 is 5.21. The third kappa shape index (κ3) is 13.7. The summed E-state index contributed by atoms with van der Waals surface area (Å²) in [5.74, 6) is -4.18. The molecule has 4 saturated carbocycles. The van der Waals surface area contributed by atoms with Gasteiger partial charge in [0.25, 0.3) is 0 Å². The first-order valence-electron chi connectivity index (χ1n) is 26.0. The summed E-state index contributed by atoms with van der Waals surface area (Å²) in [6, 6.07) is 4.45. The molecule has 7 rings (SSSR count). The predicted octanol–water partition coefficient (Wildman–Crippen LogP) is -0.725. The number of rotatable bonds is 22. The SMILES string of the molecule is COc1ccc(CC(=O)N[C@@H]2CCC[C@H]2C(=O)N[C@@H]2CNC[C@H]2C(=O)N[C@@H]2CCC[C@H]2C(=O)N[C@@H]2CNC[C@H]2C(=O)N[C@@H]2CCC[C@H]2C(=O)N[C@H](CCCCN)CC(=O)N[C@@H]2CCC[C@H]2C(N)=O)cc1. The number of primary amides is 1. The van der Waals surface area contributed by atoms with Crippen LogP contribution in [0.5, 0.6) is 5.75 Å². The highest BCUT2D eigenvalue weighted by Gasteiger charge is 2.44. The topological polar surface area (TPSA) is 306 Å². The van der Waals surface area contributed by atoms with Crippen LogP contribution in [0.4, 0.5) is 0 Å². The Morgan fingerprint density at radius 1 is 0.543 bits per heavy atom. The van der Waals surface area contributed by atoms with Crippen LogP contribution in [0.15, 0.2) is 24.3 Å². The molecule has 6 aliphatic rings. The maximum absolute atomic E-state index is 13.9. The Hall–Kier alpha value is -5.34. The van der Waals surface area contributed by atoms with Crippen molar-refractivity contribution in [2.75, 3.05) is 39.8 Å². The van der Waals surface area contributed by atoms with Crippen LogP contribution in [0.2, 0.25) is 0 Å². The van der Waals surface area contributed by atoms with Gasteiger partial charge in [0.1, 0.15) is 5.75 Å². The number of amides is 8. The van der Waals surface area contributed by atoms with Gasteiger partial charge in [0, 0.05) is 62.8 Å². The van der Waals surface area contributed by atoms with Gasteiger partial charge in [0.05, 0.1) is 61.1 Å². The quantitative estimate of drug-likeness (QED) is 0.0642. The van der Waals surface area contributed by atoms with Gasteiger partial charge in [-0.05, 0) is 88.4 Å². The minimum atomic E-state index is -0.578. The van der Waals surface area contributed by atoms with Crippen molar-refractivity contribution in [3.63, 3.8) is 0 Å². The van der Waals surface area contributed by atoms with E-state index < -0.39 is 71.6 Å². The fourth-order valence-corrected chi connectivity index (χ4v) is 11.9. The van der Waals surface area contributed by atoms with Gasteiger partial charge in [-0.15, -0.1) is 0 Å². The van der Waals surface area contributed by atoms with E-state index in [1.807, 2.05) is 12.1 Å². The molecule has 8 amide bonds. The maximum atomic E-state index is 13.9. The van der Waals surface area contributed by atoms with Crippen LogP contribution < -0.4 is 64.1 Å². The molecular formula is C50H77N11O9. The van der Waals surface area contributed by atoms with Crippen LogP contribution >= 0.6 is 0 Å². The zero-order valence-electron chi connectivity index (χ0n) is 40.7. The standard InChI is InChI=1S/C50H77N11O9/c1-70-30-19-17-28(18-20-30)22-43(62)57-38-14-5-10-32(38)47(66)60-41-26-53-24-35(41)50(69)59-40-16-7-12-34(40)48(67)61-42-27-54-25-36(42)49(68)58-39-15-6-11-33(39)46(65)55-29(8-2-3-21-51)23-44(63)56-37-13-4-9-31(37)45(52)64/h17-20,29,31-42,53-54H,2-16,21-27,51H2,1H3,(H2,52,64)(H,55,65)(H,56,63)(H,57,62)(H,58,68)(H,59,69)(H,60,66)(H,61,67)/t29-,31-,32-,33-,34-,35-,36-,37-,38-,39-,40-,41-,42-/m1/s1. The summed E-state index contributed by atoms with van der Waals surface area (Å²) in [5, 5.41) is 28.1. The summed E-state index contributed by atoms with van der Waals surface area (Å²) in [6.07, 6.45) is 10.4. The molecule has 2 saturated heterocycles. The lowest BCUT2D eigenvalue weighted by Crippen LogP contribution is -2.54. The van der Waals surface area contributed by atoms with Crippen molar-refractivity contribution < 1.29 is 43.1 Å². The minimum absolute atomic E-state index is 0.0526. The van der Waals surface area contributed by atoms with Crippen LogP contribution in [-0.2, 0) is 44.8 Å². The molecular weight excluding hydrogens is 899 g/mol. The number of nitrogens with one attached hydrogen (secondary N) is 9. The minimum Gasteiger partial charge on any atom is -0.497 e. The second kappa shape index (κ2) is 25.2. The van der Waals surface area contributed by atoms with Crippen LogP contribution in [0.3, 0.4) is 0 Å². The maximum Gasteiger partial charge on any atom is 0.226 e. The van der Waals surface area contributed by atoms with Crippen LogP contribution in [-0.4, -0.2) is 129 Å². The Kier molecular flexibility index (Phi) is 18.9. The van der Waals surface area contributed by atoms with Crippen molar-refractivity contribution in [1.82, 2.24) is 47.9 Å². The number of carbonyl (C=O) groups excluding carboxylic acids is 8. The second-order valence-electron chi connectivity index (χ2n) is 20.6. The molecule has 2 heterocycles. The molecule has 1 aromatic carbocycles. The first kappa shape index (κ1) is 52.5. The molecule has 20 nitrogen and oxygen atoms in total. The van der Waals surface area contributed by atoms with E-state index in [4.69, 9.17) is 16.2 Å². The van der Waals surface area contributed by atoms with E-state index in [0.29, 0.717) is 96.3 Å². The van der Waals surface area contributed by atoms with Gasteiger partial charge in [0.2, 0.25) is 47.3 Å². The molecule has 20 heteroatoms. The van der Waals surface area contributed by atoms with E-state index in [1.54, 1.807) is 19.2 Å². The highest BCUT2D eigenvalue weighted by molar-refractivity contribution is 5.88. The molecule has 0 spiro atoms. The molecule has 6 fully saturated rings.